The Kier molecular flexibility index (Phi) is 4.35. The molecule has 1 N–H and O–H groups in total. The zero-order valence-electron chi connectivity index (χ0n) is 8.86. The highest BCUT2D eigenvalue weighted by Crippen LogP contribution is 2.02. The van der Waals surface area contributed by atoms with Crippen LogP contribution in [0.15, 0.2) is 54.8 Å². The van der Waals surface area contributed by atoms with Gasteiger partial charge in [-0.1, -0.05) is 36.4 Å². The van der Waals surface area contributed by atoms with E-state index in [-0.39, 0.29) is 5.78 Å². The van der Waals surface area contributed by atoms with Gasteiger partial charge in [-0.2, -0.15) is 0 Å². The summed E-state index contributed by atoms with van der Waals surface area (Å²) >= 11 is 0. The number of rotatable bonds is 5. The number of allylic oxidation sites excluding steroid dienone is 2. The second kappa shape index (κ2) is 5.81. The molecule has 0 atom stereocenters. The van der Waals surface area contributed by atoms with Crippen LogP contribution in [0.3, 0.4) is 0 Å². The lowest BCUT2D eigenvalue weighted by molar-refractivity contribution is 0.104. The molecule has 0 aromatic heterocycles. The SMILES string of the molecule is C=CCN/C(C)=C/C(=O)c1ccccc1. The monoisotopic (exact) mass is 201 g/mol. The first-order chi connectivity index (χ1) is 7.24. The van der Waals surface area contributed by atoms with E-state index in [2.05, 4.69) is 11.9 Å². The molecule has 0 amide bonds. The summed E-state index contributed by atoms with van der Waals surface area (Å²) in [5.41, 5.74) is 1.56. The topological polar surface area (TPSA) is 29.1 Å². The maximum absolute atomic E-state index is 11.7. The van der Waals surface area contributed by atoms with Crippen molar-refractivity contribution < 1.29 is 4.79 Å². The minimum atomic E-state index is 0.0182. The van der Waals surface area contributed by atoms with Crippen LogP contribution in [0.1, 0.15) is 17.3 Å². The van der Waals surface area contributed by atoms with Gasteiger partial charge in [-0.3, -0.25) is 4.79 Å². The number of benzene rings is 1. The number of carbonyl (C=O) groups is 1. The summed E-state index contributed by atoms with van der Waals surface area (Å²) in [6.45, 7) is 6.13. The summed E-state index contributed by atoms with van der Waals surface area (Å²) in [5.74, 6) is 0.0182. The van der Waals surface area contributed by atoms with E-state index < -0.39 is 0 Å². The molecule has 0 heterocycles. The van der Waals surface area contributed by atoms with Crippen LogP contribution >= 0.6 is 0 Å². The molecule has 0 bridgehead atoms. The maximum atomic E-state index is 11.7. The summed E-state index contributed by atoms with van der Waals surface area (Å²) < 4.78 is 0. The first-order valence-corrected chi connectivity index (χ1v) is 4.86. The van der Waals surface area contributed by atoms with Crippen molar-refractivity contribution in [2.45, 2.75) is 6.92 Å². The Hall–Kier alpha value is -1.83. The Bertz CT molecular complexity index is 365. The van der Waals surface area contributed by atoms with E-state index in [1.54, 1.807) is 24.3 Å². The summed E-state index contributed by atoms with van der Waals surface area (Å²) in [6, 6.07) is 9.21. The van der Waals surface area contributed by atoms with Crippen LogP contribution in [-0.4, -0.2) is 12.3 Å². The first kappa shape index (κ1) is 11.2. The van der Waals surface area contributed by atoms with Gasteiger partial charge in [0.15, 0.2) is 5.78 Å². The van der Waals surface area contributed by atoms with Crippen molar-refractivity contribution in [2.24, 2.45) is 0 Å². The molecule has 1 aromatic carbocycles. The average molecular weight is 201 g/mol. The van der Waals surface area contributed by atoms with Gasteiger partial charge >= 0.3 is 0 Å². The van der Waals surface area contributed by atoms with E-state index in [0.717, 1.165) is 5.70 Å². The van der Waals surface area contributed by atoms with Gasteiger partial charge in [-0.15, -0.1) is 6.58 Å². The second-order valence-corrected chi connectivity index (χ2v) is 3.23. The van der Waals surface area contributed by atoms with Crippen molar-refractivity contribution in [1.29, 1.82) is 0 Å². The molecule has 1 aromatic rings. The summed E-state index contributed by atoms with van der Waals surface area (Å²) in [4.78, 5) is 11.7. The molecule has 78 valence electrons. The number of carbonyl (C=O) groups excluding carboxylic acids is 1. The van der Waals surface area contributed by atoms with Gasteiger partial charge in [-0.05, 0) is 6.92 Å². The van der Waals surface area contributed by atoms with Gasteiger partial charge in [0.05, 0.1) is 0 Å². The molecule has 2 heteroatoms. The van der Waals surface area contributed by atoms with Crippen LogP contribution in [0.5, 0.6) is 0 Å². The van der Waals surface area contributed by atoms with E-state index >= 15 is 0 Å². The van der Waals surface area contributed by atoms with Crippen molar-refractivity contribution in [1.82, 2.24) is 5.32 Å². The summed E-state index contributed by atoms with van der Waals surface area (Å²) in [5, 5.41) is 3.06. The third kappa shape index (κ3) is 3.81. The standard InChI is InChI=1S/C13H15NO/c1-3-9-14-11(2)10-13(15)12-7-5-4-6-8-12/h3-8,10,14H,1,9H2,2H3/b11-10+. The minimum absolute atomic E-state index is 0.0182. The quantitative estimate of drug-likeness (QED) is 0.450. The van der Waals surface area contributed by atoms with Crippen molar-refractivity contribution >= 4 is 5.78 Å². The Morgan fingerprint density at radius 2 is 2.07 bits per heavy atom. The predicted molar refractivity (Wildman–Crippen MR) is 62.7 cm³/mol. The van der Waals surface area contributed by atoms with Gasteiger partial charge in [0.25, 0.3) is 0 Å². The van der Waals surface area contributed by atoms with Crippen molar-refractivity contribution in [3.63, 3.8) is 0 Å². The Morgan fingerprint density at radius 1 is 1.40 bits per heavy atom. The molecule has 15 heavy (non-hydrogen) atoms. The number of nitrogens with one attached hydrogen (secondary N) is 1. The average Bonchev–Trinajstić information content (AvgIpc) is 2.27. The number of hydrogen-bond acceptors (Lipinski definition) is 2. The lowest BCUT2D eigenvalue weighted by atomic mass is 10.1. The van der Waals surface area contributed by atoms with Crippen LogP contribution in [-0.2, 0) is 0 Å². The minimum Gasteiger partial charge on any atom is -0.385 e. The zero-order valence-corrected chi connectivity index (χ0v) is 8.86. The number of hydrogen-bond donors (Lipinski definition) is 1. The molecule has 0 saturated carbocycles. The van der Waals surface area contributed by atoms with Crippen LogP contribution in [0.25, 0.3) is 0 Å². The molecule has 0 radical (unpaired) electrons. The predicted octanol–water partition coefficient (Wildman–Crippen LogP) is 2.55. The van der Waals surface area contributed by atoms with Gasteiger partial charge in [0.1, 0.15) is 0 Å². The molecule has 0 unspecified atom stereocenters. The van der Waals surface area contributed by atoms with E-state index in [4.69, 9.17) is 0 Å². The van der Waals surface area contributed by atoms with Gasteiger partial charge in [0, 0.05) is 23.9 Å². The summed E-state index contributed by atoms with van der Waals surface area (Å²) in [6.07, 6.45) is 3.35. The lowest BCUT2D eigenvalue weighted by Gasteiger charge is -2.02. The zero-order chi connectivity index (χ0) is 11.1. The van der Waals surface area contributed by atoms with Crippen LogP contribution in [0.4, 0.5) is 0 Å². The van der Waals surface area contributed by atoms with Gasteiger partial charge in [0.2, 0.25) is 0 Å². The highest BCUT2D eigenvalue weighted by Gasteiger charge is 2.00. The first-order valence-electron chi connectivity index (χ1n) is 4.86. The van der Waals surface area contributed by atoms with Gasteiger partial charge in [-0.25, -0.2) is 0 Å². The second-order valence-electron chi connectivity index (χ2n) is 3.23. The third-order valence-electron chi connectivity index (χ3n) is 1.93. The lowest BCUT2D eigenvalue weighted by Crippen LogP contribution is -2.11. The molecule has 0 aliphatic heterocycles. The molecular formula is C13H15NO. The molecule has 2 nitrogen and oxygen atoms in total. The fourth-order valence-electron chi connectivity index (χ4n) is 1.17. The molecule has 0 aliphatic rings. The summed E-state index contributed by atoms with van der Waals surface area (Å²) in [7, 11) is 0. The Morgan fingerprint density at radius 3 is 2.67 bits per heavy atom. The molecule has 0 saturated heterocycles. The molecular weight excluding hydrogens is 186 g/mol. The highest BCUT2D eigenvalue weighted by atomic mass is 16.1. The van der Waals surface area contributed by atoms with Crippen molar-refractivity contribution in [3.8, 4) is 0 Å². The van der Waals surface area contributed by atoms with Crippen molar-refractivity contribution in [2.75, 3.05) is 6.54 Å². The van der Waals surface area contributed by atoms with Crippen LogP contribution < -0.4 is 5.32 Å². The van der Waals surface area contributed by atoms with E-state index in [9.17, 15) is 4.79 Å². The molecule has 0 aliphatic carbocycles. The highest BCUT2D eigenvalue weighted by molar-refractivity contribution is 6.04. The maximum Gasteiger partial charge on any atom is 0.187 e. The van der Waals surface area contributed by atoms with E-state index in [1.807, 2.05) is 25.1 Å². The molecule has 0 fully saturated rings. The van der Waals surface area contributed by atoms with Crippen molar-refractivity contribution in [3.05, 3.63) is 60.3 Å². The smallest absolute Gasteiger partial charge is 0.187 e. The Balaban J connectivity index is 2.66. The van der Waals surface area contributed by atoms with Gasteiger partial charge < -0.3 is 5.32 Å². The number of ketones is 1. The molecule has 0 spiro atoms. The van der Waals surface area contributed by atoms with Crippen LogP contribution in [0, 0.1) is 0 Å². The largest absolute Gasteiger partial charge is 0.385 e. The van der Waals surface area contributed by atoms with E-state index in [0.29, 0.717) is 12.1 Å². The fraction of sp³-hybridized carbons (Fsp3) is 0.154. The molecule has 1 rings (SSSR count). The fourth-order valence-corrected chi connectivity index (χ4v) is 1.17. The Labute approximate surface area is 90.3 Å². The third-order valence-corrected chi connectivity index (χ3v) is 1.93. The van der Waals surface area contributed by atoms with E-state index in [1.165, 1.54) is 0 Å². The van der Waals surface area contributed by atoms with Crippen LogP contribution in [0.2, 0.25) is 0 Å². The normalized spacial score (nSPS) is 10.9.